The summed E-state index contributed by atoms with van der Waals surface area (Å²) in [4.78, 5) is 12.1. The molecule has 1 aliphatic heterocycles. The van der Waals surface area contributed by atoms with E-state index in [9.17, 15) is 18.3 Å². The number of fused-ring (bicyclic) bond motifs is 2. The number of aliphatic carboxylic acids is 1. The summed E-state index contributed by atoms with van der Waals surface area (Å²) in [5.41, 5.74) is 4.48. The Bertz CT molecular complexity index is 1680. The first-order valence-electron chi connectivity index (χ1n) is 13.1. The van der Waals surface area contributed by atoms with Gasteiger partial charge in [0.25, 0.3) is 0 Å². The van der Waals surface area contributed by atoms with Gasteiger partial charge in [-0.15, -0.1) is 5.10 Å². The van der Waals surface area contributed by atoms with Gasteiger partial charge in [-0.2, -0.15) is 4.31 Å². The van der Waals surface area contributed by atoms with Gasteiger partial charge in [-0.25, -0.2) is 13.1 Å². The summed E-state index contributed by atoms with van der Waals surface area (Å²) < 4.78 is 42.2. The fraction of sp³-hybridized carbons (Fsp3) is 0.345. The quantitative estimate of drug-likeness (QED) is 0.337. The van der Waals surface area contributed by atoms with E-state index in [0.717, 1.165) is 22.3 Å². The molecule has 0 fully saturated rings. The molecule has 0 amide bonds. The van der Waals surface area contributed by atoms with Crippen LogP contribution in [0.15, 0.2) is 59.5 Å². The van der Waals surface area contributed by atoms with Crippen LogP contribution in [0.2, 0.25) is 0 Å². The summed E-state index contributed by atoms with van der Waals surface area (Å²) >= 11 is 0. The normalized spacial score (nSPS) is 17.6. The molecule has 1 N–H and O–H groups in total. The lowest BCUT2D eigenvalue weighted by atomic mass is 9.86. The van der Waals surface area contributed by atoms with Crippen molar-refractivity contribution in [3.05, 3.63) is 76.9 Å². The van der Waals surface area contributed by atoms with Crippen molar-refractivity contribution in [2.75, 3.05) is 13.7 Å². The third-order valence-electron chi connectivity index (χ3n) is 7.43. The lowest BCUT2D eigenvalue weighted by Crippen LogP contribution is -2.36. The maximum Gasteiger partial charge on any atom is 0.304 e. The Labute approximate surface area is 233 Å². The number of ether oxygens (including phenoxy) is 2. The molecule has 2 unspecified atom stereocenters. The Morgan fingerprint density at radius 3 is 2.67 bits per heavy atom. The number of carboxylic acids is 1. The Morgan fingerprint density at radius 2 is 1.95 bits per heavy atom. The summed E-state index contributed by atoms with van der Waals surface area (Å²) in [6.45, 7) is 4.22. The predicted molar refractivity (Wildman–Crippen MR) is 149 cm³/mol. The summed E-state index contributed by atoms with van der Waals surface area (Å²) in [5.74, 6) is -0.579. The Balaban J connectivity index is 1.56. The summed E-state index contributed by atoms with van der Waals surface area (Å²) in [6, 6.07) is 16.1. The lowest BCUT2D eigenvalue weighted by Gasteiger charge is -2.24. The number of nitrogens with zero attached hydrogens (tertiary/aromatic N) is 4. The monoisotopic (exact) mass is 564 g/mol. The fourth-order valence-electron chi connectivity index (χ4n) is 5.21. The van der Waals surface area contributed by atoms with Crippen LogP contribution in [0, 0.1) is 6.92 Å². The molecule has 0 bridgehead atoms. The highest BCUT2D eigenvalue weighted by Gasteiger charge is 2.34. The maximum atomic E-state index is 13.7. The summed E-state index contributed by atoms with van der Waals surface area (Å²) in [7, 11) is -0.516. The number of benzene rings is 3. The number of methoxy groups -OCH3 is 1. The molecular formula is C29H32N4O6S. The first kappa shape index (κ1) is 27.6. The molecule has 0 saturated carbocycles. The number of hydrogen-bond donors (Lipinski definition) is 1. The zero-order valence-electron chi connectivity index (χ0n) is 22.9. The van der Waals surface area contributed by atoms with Crippen LogP contribution in [0.4, 0.5) is 0 Å². The van der Waals surface area contributed by atoms with E-state index in [1.54, 1.807) is 43.1 Å². The van der Waals surface area contributed by atoms with Crippen molar-refractivity contribution in [3.63, 3.8) is 0 Å². The maximum absolute atomic E-state index is 13.7. The molecule has 10 nitrogen and oxygen atoms in total. The van der Waals surface area contributed by atoms with Crippen LogP contribution in [-0.2, 0) is 28.4 Å². The molecule has 40 heavy (non-hydrogen) atoms. The van der Waals surface area contributed by atoms with Gasteiger partial charge < -0.3 is 14.6 Å². The Kier molecular flexibility index (Phi) is 7.52. The first-order chi connectivity index (χ1) is 19.1. The van der Waals surface area contributed by atoms with Crippen molar-refractivity contribution in [2.24, 2.45) is 7.05 Å². The summed E-state index contributed by atoms with van der Waals surface area (Å²) in [6.07, 6.45) is 0.179. The highest BCUT2D eigenvalue weighted by molar-refractivity contribution is 7.89. The molecule has 210 valence electrons. The predicted octanol–water partition coefficient (Wildman–Crippen LogP) is 4.25. The molecule has 2 heterocycles. The van der Waals surface area contributed by atoms with Crippen molar-refractivity contribution in [2.45, 2.75) is 50.2 Å². The molecule has 11 heteroatoms. The van der Waals surface area contributed by atoms with E-state index in [-0.39, 0.29) is 30.5 Å². The molecule has 0 spiro atoms. The van der Waals surface area contributed by atoms with Crippen molar-refractivity contribution in [3.8, 4) is 11.5 Å². The number of para-hydroxylation sites is 1. The van der Waals surface area contributed by atoms with Gasteiger partial charge in [0.1, 0.15) is 33.5 Å². The molecule has 1 aliphatic rings. The van der Waals surface area contributed by atoms with Gasteiger partial charge in [-0.05, 0) is 59.9 Å². The minimum absolute atomic E-state index is 0.127. The Hall–Kier alpha value is -3.96. The van der Waals surface area contributed by atoms with E-state index < -0.39 is 21.9 Å². The van der Waals surface area contributed by atoms with E-state index >= 15 is 0 Å². The van der Waals surface area contributed by atoms with Crippen LogP contribution in [0.1, 0.15) is 47.9 Å². The van der Waals surface area contributed by atoms with Crippen LogP contribution in [0.5, 0.6) is 11.5 Å². The van der Waals surface area contributed by atoms with Crippen LogP contribution in [0.3, 0.4) is 0 Å². The van der Waals surface area contributed by atoms with Gasteiger partial charge in [0, 0.05) is 19.5 Å². The van der Waals surface area contributed by atoms with Crippen LogP contribution in [-0.4, -0.2) is 58.6 Å². The molecule has 1 aromatic heterocycles. The molecule has 0 radical (unpaired) electrons. The largest absolute Gasteiger partial charge is 0.494 e. The second kappa shape index (κ2) is 10.9. The van der Waals surface area contributed by atoms with Gasteiger partial charge >= 0.3 is 5.97 Å². The van der Waals surface area contributed by atoms with Crippen molar-refractivity contribution >= 4 is 27.0 Å². The van der Waals surface area contributed by atoms with E-state index in [1.807, 2.05) is 44.2 Å². The van der Waals surface area contributed by atoms with Crippen LogP contribution in [0.25, 0.3) is 11.0 Å². The van der Waals surface area contributed by atoms with E-state index in [4.69, 9.17) is 9.47 Å². The van der Waals surface area contributed by atoms with E-state index in [2.05, 4.69) is 10.3 Å². The number of aryl methyl sites for hydroxylation is 2. The lowest BCUT2D eigenvalue weighted by molar-refractivity contribution is -0.137. The van der Waals surface area contributed by atoms with Gasteiger partial charge in [-0.3, -0.25) is 4.79 Å². The second-order valence-electron chi connectivity index (χ2n) is 10.0. The van der Waals surface area contributed by atoms with Crippen molar-refractivity contribution < 1.29 is 27.8 Å². The third kappa shape index (κ3) is 5.14. The van der Waals surface area contributed by atoms with Gasteiger partial charge in [0.2, 0.25) is 10.0 Å². The van der Waals surface area contributed by atoms with E-state index in [1.165, 1.54) is 4.31 Å². The summed E-state index contributed by atoms with van der Waals surface area (Å²) in [5, 5.41) is 18.1. The van der Waals surface area contributed by atoms with Crippen molar-refractivity contribution in [1.29, 1.82) is 0 Å². The average molecular weight is 565 g/mol. The molecule has 5 rings (SSSR count). The van der Waals surface area contributed by atoms with Gasteiger partial charge in [-0.1, -0.05) is 42.5 Å². The zero-order valence-corrected chi connectivity index (χ0v) is 23.7. The molecule has 4 aromatic rings. The molecular weight excluding hydrogens is 532 g/mol. The standard InChI is InChI=1S/C29H32N4O6S/c1-5-22-17-33(40(36,37)27-9-7-6-8-25(27)39-22)16-21-12-19(11-10-18(21)2)23(15-28(34)35)20-13-24-29(26(14-20)38-4)32(3)31-30-24/h6-14,22-23H,5,15-17H2,1-4H3,(H,34,35). The second-order valence-corrected chi connectivity index (χ2v) is 11.9. The zero-order chi connectivity index (χ0) is 28.6. The van der Waals surface area contributed by atoms with E-state index in [0.29, 0.717) is 29.0 Å². The number of aromatic nitrogens is 3. The number of rotatable bonds is 8. The smallest absolute Gasteiger partial charge is 0.304 e. The number of sulfonamides is 1. The molecule has 0 aliphatic carbocycles. The Morgan fingerprint density at radius 1 is 1.18 bits per heavy atom. The highest BCUT2D eigenvalue weighted by Crippen LogP contribution is 2.37. The minimum atomic E-state index is -3.83. The highest BCUT2D eigenvalue weighted by atomic mass is 32.2. The van der Waals surface area contributed by atoms with Crippen molar-refractivity contribution in [1.82, 2.24) is 19.3 Å². The van der Waals surface area contributed by atoms with Gasteiger partial charge in [0.05, 0.1) is 20.1 Å². The molecule has 2 atom stereocenters. The number of carbonyl (C=O) groups is 1. The molecule has 3 aromatic carbocycles. The minimum Gasteiger partial charge on any atom is -0.494 e. The number of hydrogen-bond acceptors (Lipinski definition) is 7. The number of carboxylic acid groups (broad SMARTS) is 1. The van der Waals surface area contributed by atoms with Crippen LogP contribution >= 0.6 is 0 Å². The topological polar surface area (TPSA) is 124 Å². The molecule has 0 saturated heterocycles. The van der Waals surface area contributed by atoms with Crippen LogP contribution < -0.4 is 9.47 Å². The third-order valence-corrected chi connectivity index (χ3v) is 9.28. The fourth-order valence-corrected chi connectivity index (χ4v) is 6.78. The first-order valence-corrected chi connectivity index (χ1v) is 14.5. The van der Waals surface area contributed by atoms with Gasteiger partial charge in [0.15, 0.2) is 0 Å². The SMILES string of the molecule is CCC1CN(Cc2cc(C(CC(=O)O)c3cc(OC)c4c(c3)nnn4C)ccc2C)S(=O)(=O)c2ccccc2O1. The average Bonchev–Trinajstić information content (AvgIpc) is 3.27.